The summed E-state index contributed by atoms with van der Waals surface area (Å²) in [6.07, 6.45) is 1.70. The maximum Gasteiger partial charge on any atom is 0.141 e. The van der Waals surface area contributed by atoms with Crippen LogP contribution in [0.2, 0.25) is 0 Å². The summed E-state index contributed by atoms with van der Waals surface area (Å²) >= 11 is 1.41. The summed E-state index contributed by atoms with van der Waals surface area (Å²) in [6.45, 7) is -0.0681. The first-order valence-corrected chi connectivity index (χ1v) is 6.34. The van der Waals surface area contributed by atoms with Crippen LogP contribution in [-0.2, 0) is 6.61 Å². The van der Waals surface area contributed by atoms with Gasteiger partial charge in [-0.1, -0.05) is 18.2 Å². The van der Waals surface area contributed by atoms with Gasteiger partial charge in [-0.25, -0.2) is 4.39 Å². The molecule has 90 valence electrons. The lowest BCUT2D eigenvalue weighted by atomic mass is 10.2. The van der Waals surface area contributed by atoms with Gasteiger partial charge in [-0.15, -0.1) is 11.3 Å². The summed E-state index contributed by atoms with van der Waals surface area (Å²) < 4.78 is 14.3. The summed E-state index contributed by atoms with van der Waals surface area (Å²) in [5.41, 5.74) is 1.57. The molecule has 0 saturated carbocycles. The van der Waals surface area contributed by atoms with E-state index in [-0.39, 0.29) is 12.4 Å². The second-order valence-corrected chi connectivity index (χ2v) is 5.02. The second kappa shape index (κ2) is 4.48. The Hall–Kier alpha value is -1.78. The van der Waals surface area contributed by atoms with Crippen molar-refractivity contribution in [3.8, 4) is 10.4 Å². The number of aromatic nitrogens is 1. The Morgan fingerprint density at radius 2 is 2.11 bits per heavy atom. The molecule has 1 N–H and O–H groups in total. The molecule has 0 spiro atoms. The maximum absolute atomic E-state index is 13.6. The van der Waals surface area contributed by atoms with Crippen LogP contribution in [0.4, 0.5) is 4.39 Å². The highest BCUT2D eigenvalue weighted by Crippen LogP contribution is 2.34. The van der Waals surface area contributed by atoms with Crippen molar-refractivity contribution in [3.63, 3.8) is 0 Å². The summed E-state index contributed by atoms with van der Waals surface area (Å²) in [7, 11) is 0. The Morgan fingerprint density at radius 3 is 2.78 bits per heavy atom. The Kier molecular flexibility index (Phi) is 2.81. The first kappa shape index (κ1) is 11.3. The molecule has 3 rings (SSSR count). The van der Waals surface area contributed by atoms with E-state index in [0.29, 0.717) is 10.4 Å². The van der Waals surface area contributed by atoms with E-state index in [2.05, 4.69) is 4.98 Å². The average Bonchev–Trinajstić information content (AvgIpc) is 2.84. The van der Waals surface area contributed by atoms with Gasteiger partial charge >= 0.3 is 0 Å². The highest BCUT2D eigenvalue weighted by atomic mass is 32.1. The van der Waals surface area contributed by atoms with Crippen molar-refractivity contribution >= 4 is 21.4 Å². The molecule has 1 aromatic carbocycles. The van der Waals surface area contributed by atoms with Gasteiger partial charge < -0.3 is 5.11 Å². The summed E-state index contributed by atoms with van der Waals surface area (Å²) in [5.74, 6) is -0.191. The number of nitrogens with zero attached hydrogens (tertiary/aromatic N) is 1. The lowest BCUT2D eigenvalue weighted by Crippen LogP contribution is -1.87. The largest absolute Gasteiger partial charge is 0.390 e. The average molecular weight is 259 g/mol. The van der Waals surface area contributed by atoms with Crippen LogP contribution in [0.5, 0.6) is 0 Å². The molecule has 2 nitrogen and oxygen atoms in total. The van der Waals surface area contributed by atoms with Gasteiger partial charge in [-0.05, 0) is 23.6 Å². The van der Waals surface area contributed by atoms with E-state index < -0.39 is 0 Å². The fourth-order valence-corrected chi connectivity index (χ4v) is 2.89. The van der Waals surface area contributed by atoms with E-state index in [1.165, 1.54) is 17.4 Å². The third kappa shape index (κ3) is 1.89. The third-order valence-corrected chi connectivity index (χ3v) is 3.98. The second-order valence-electron chi connectivity index (χ2n) is 3.97. The molecule has 0 aliphatic carbocycles. The van der Waals surface area contributed by atoms with Crippen molar-refractivity contribution in [2.45, 2.75) is 6.61 Å². The molecular weight excluding hydrogens is 249 g/mol. The van der Waals surface area contributed by atoms with Gasteiger partial charge in [0, 0.05) is 16.6 Å². The zero-order valence-electron chi connectivity index (χ0n) is 9.43. The minimum Gasteiger partial charge on any atom is -0.390 e. The van der Waals surface area contributed by atoms with E-state index in [0.717, 1.165) is 15.8 Å². The molecule has 3 aromatic rings. The lowest BCUT2D eigenvalue weighted by Gasteiger charge is -1.98. The molecule has 0 aliphatic rings. The van der Waals surface area contributed by atoms with E-state index in [1.54, 1.807) is 18.3 Å². The Labute approximate surface area is 107 Å². The van der Waals surface area contributed by atoms with Crippen LogP contribution in [0.15, 0.2) is 42.6 Å². The standard InChI is InChI=1S/C14H10FNOS/c15-12-3-1-2-9-6-13(18-14(9)12)10-4-5-11(8-17)16-7-10/h1-7,17H,8H2. The lowest BCUT2D eigenvalue weighted by molar-refractivity contribution is 0.277. The number of rotatable bonds is 2. The minimum atomic E-state index is -0.191. The van der Waals surface area contributed by atoms with Gasteiger partial charge in [0.1, 0.15) is 5.82 Å². The topological polar surface area (TPSA) is 33.1 Å². The van der Waals surface area contributed by atoms with Gasteiger partial charge in [0.05, 0.1) is 17.0 Å². The molecule has 0 fully saturated rings. The number of halogens is 1. The van der Waals surface area contributed by atoms with E-state index >= 15 is 0 Å². The summed E-state index contributed by atoms with van der Waals surface area (Å²) in [6, 6.07) is 10.7. The molecule has 0 saturated heterocycles. The predicted octanol–water partition coefficient (Wildman–Crippen LogP) is 3.59. The van der Waals surface area contributed by atoms with E-state index in [4.69, 9.17) is 5.11 Å². The Bertz CT molecular complexity index is 691. The Morgan fingerprint density at radius 1 is 1.22 bits per heavy atom. The number of hydrogen-bond donors (Lipinski definition) is 1. The first-order valence-electron chi connectivity index (χ1n) is 5.52. The summed E-state index contributed by atoms with van der Waals surface area (Å²) in [4.78, 5) is 5.11. The monoisotopic (exact) mass is 259 g/mol. The molecule has 2 aromatic heterocycles. The van der Waals surface area contributed by atoms with Crippen molar-refractivity contribution in [1.29, 1.82) is 0 Å². The summed E-state index contributed by atoms with van der Waals surface area (Å²) in [5, 5.41) is 9.84. The van der Waals surface area contributed by atoms with Crippen LogP contribution in [0, 0.1) is 5.82 Å². The molecule has 0 aliphatic heterocycles. The number of benzene rings is 1. The third-order valence-electron chi connectivity index (χ3n) is 2.77. The van der Waals surface area contributed by atoms with Gasteiger partial charge in [-0.3, -0.25) is 4.98 Å². The van der Waals surface area contributed by atoms with Crippen molar-refractivity contribution in [2.75, 3.05) is 0 Å². The first-order chi connectivity index (χ1) is 8.78. The van der Waals surface area contributed by atoms with Gasteiger partial charge in [-0.2, -0.15) is 0 Å². The molecule has 0 unspecified atom stereocenters. The van der Waals surface area contributed by atoms with E-state index in [9.17, 15) is 4.39 Å². The smallest absolute Gasteiger partial charge is 0.141 e. The molecular formula is C14H10FNOS. The van der Waals surface area contributed by atoms with Crippen LogP contribution in [-0.4, -0.2) is 10.1 Å². The number of fused-ring (bicyclic) bond motifs is 1. The SMILES string of the molecule is OCc1ccc(-c2cc3cccc(F)c3s2)cn1. The van der Waals surface area contributed by atoms with Crippen LogP contribution >= 0.6 is 11.3 Å². The quantitative estimate of drug-likeness (QED) is 0.763. The number of thiophene rings is 1. The van der Waals surface area contributed by atoms with Crippen LogP contribution in [0.3, 0.4) is 0 Å². The van der Waals surface area contributed by atoms with Gasteiger partial charge in [0.25, 0.3) is 0 Å². The predicted molar refractivity (Wildman–Crippen MR) is 70.9 cm³/mol. The molecule has 2 heterocycles. The molecule has 0 atom stereocenters. The Balaban J connectivity index is 2.10. The highest BCUT2D eigenvalue weighted by Gasteiger charge is 2.07. The molecule has 4 heteroatoms. The van der Waals surface area contributed by atoms with Crippen LogP contribution in [0.25, 0.3) is 20.5 Å². The fourth-order valence-electron chi connectivity index (χ4n) is 1.83. The van der Waals surface area contributed by atoms with Crippen molar-refractivity contribution in [2.24, 2.45) is 0 Å². The van der Waals surface area contributed by atoms with Gasteiger partial charge in [0.2, 0.25) is 0 Å². The zero-order valence-corrected chi connectivity index (χ0v) is 10.2. The van der Waals surface area contributed by atoms with Crippen LogP contribution < -0.4 is 0 Å². The van der Waals surface area contributed by atoms with Gasteiger partial charge in [0.15, 0.2) is 0 Å². The number of hydrogen-bond acceptors (Lipinski definition) is 3. The van der Waals surface area contributed by atoms with Crippen molar-refractivity contribution in [1.82, 2.24) is 4.98 Å². The normalized spacial score (nSPS) is 11.0. The molecule has 0 amide bonds. The van der Waals surface area contributed by atoms with Crippen molar-refractivity contribution < 1.29 is 9.50 Å². The number of aliphatic hydroxyl groups is 1. The fraction of sp³-hybridized carbons (Fsp3) is 0.0714. The molecule has 0 radical (unpaired) electrons. The minimum absolute atomic E-state index is 0.0681. The zero-order chi connectivity index (χ0) is 12.5. The van der Waals surface area contributed by atoms with Crippen molar-refractivity contribution in [3.05, 3.63) is 54.1 Å². The highest BCUT2D eigenvalue weighted by molar-refractivity contribution is 7.22. The molecule has 18 heavy (non-hydrogen) atoms. The number of aliphatic hydroxyl groups excluding tert-OH is 1. The van der Waals surface area contributed by atoms with E-state index in [1.807, 2.05) is 18.2 Å². The maximum atomic E-state index is 13.6. The molecule has 0 bridgehead atoms. The van der Waals surface area contributed by atoms with Crippen LogP contribution in [0.1, 0.15) is 5.69 Å². The number of pyridine rings is 1.